The van der Waals surface area contributed by atoms with E-state index in [1.807, 2.05) is 105 Å². The minimum Gasteiger partial charge on any atom is -0.444 e. The third kappa shape index (κ3) is 11.8. The van der Waals surface area contributed by atoms with E-state index in [4.69, 9.17) is 4.74 Å². The lowest BCUT2D eigenvalue weighted by Crippen LogP contribution is -2.52. The number of amides is 3. The van der Waals surface area contributed by atoms with Crippen LogP contribution in [0.1, 0.15) is 57.7 Å². The molecule has 3 rings (SSSR count). The number of hydrogen-bond acceptors (Lipinski definition) is 5. The van der Waals surface area contributed by atoms with Crippen LogP contribution in [0.4, 0.5) is 4.79 Å². The average Bonchev–Trinajstić information content (AvgIpc) is 2.98. The predicted octanol–water partition coefficient (Wildman–Crippen LogP) is 5.19. The van der Waals surface area contributed by atoms with E-state index in [0.717, 1.165) is 16.7 Å². The van der Waals surface area contributed by atoms with Crippen LogP contribution in [-0.4, -0.2) is 46.8 Å². The van der Waals surface area contributed by atoms with Crippen molar-refractivity contribution in [2.24, 2.45) is 11.8 Å². The van der Waals surface area contributed by atoms with Gasteiger partial charge in [-0.3, -0.25) is 9.59 Å². The van der Waals surface area contributed by atoms with Crippen LogP contribution in [0.15, 0.2) is 91.0 Å². The maximum Gasteiger partial charge on any atom is 0.407 e. The van der Waals surface area contributed by atoms with Gasteiger partial charge in [0.15, 0.2) is 0 Å². The SMILES string of the molecule is CC(C)[C@H](NC(=O)[C@@H](Cc1ccccc1)C[C@H](O)[C@H](Cc1ccccc1)NC(=O)OC(C)(C)C)C(=O)NCc1ccccc1. The van der Waals surface area contributed by atoms with E-state index in [0.29, 0.717) is 19.4 Å². The maximum atomic E-state index is 13.9. The zero-order chi connectivity index (χ0) is 32.1. The standard InChI is InChI=1S/C36H47N3O5/c1-25(2)32(34(42)37-24-28-19-13-8-14-20-28)39-33(41)29(21-26-15-9-6-10-16-26)23-31(40)30(22-27-17-11-7-12-18-27)38-35(43)44-36(3,4)5/h6-20,25,29-32,40H,21-24H2,1-5H3,(H,37,42)(H,38,43)(H,39,41)/t29-,30-,31-,32-/m0/s1. The molecule has 0 saturated carbocycles. The molecule has 0 fully saturated rings. The van der Waals surface area contributed by atoms with Gasteiger partial charge in [-0.15, -0.1) is 0 Å². The highest BCUT2D eigenvalue weighted by molar-refractivity contribution is 5.88. The maximum absolute atomic E-state index is 13.9. The summed E-state index contributed by atoms with van der Waals surface area (Å²) in [4.78, 5) is 39.8. The van der Waals surface area contributed by atoms with E-state index >= 15 is 0 Å². The van der Waals surface area contributed by atoms with Crippen molar-refractivity contribution in [2.75, 3.05) is 0 Å². The van der Waals surface area contributed by atoms with Gasteiger partial charge >= 0.3 is 6.09 Å². The molecule has 3 aromatic carbocycles. The highest BCUT2D eigenvalue weighted by atomic mass is 16.6. The summed E-state index contributed by atoms with van der Waals surface area (Å²) in [7, 11) is 0. The molecule has 0 aliphatic carbocycles. The second-order valence-electron chi connectivity index (χ2n) is 12.6. The Hall–Kier alpha value is -4.17. The fraction of sp³-hybridized carbons (Fsp3) is 0.417. The topological polar surface area (TPSA) is 117 Å². The molecule has 4 atom stereocenters. The number of ether oxygens (including phenoxy) is 1. The summed E-state index contributed by atoms with van der Waals surface area (Å²) in [5, 5.41) is 20.3. The van der Waals surface area contributed by atoms with Crippen molar-refractivity contribution in [3.63, 3.8) is 0 Å². The van der Waals surface area contributed by atoms with Gasteiger partial charge in [0.05, 0.1) is 12.1 Å². The molecular formula is C36H47N3O5. The Kier molecular flexibility index (Phi) is 13.0. The number of nitrogens with one attached hydrogen (secondary N) is 3. The Morgan fingerprint density at radius 3 is 1.73 bits per heavy atom. The van der Waals surface area contributed by atoms with Gasteiger partial charge in [0.1, 0.15) is 11.6 Å². The zero-order valence-corrected chi connectivity index (χ0v) is 26.5. The molecule has 0 heterocycles. The number of hydrogen-bond donors (Lipinski definition) is 4. The lowest BCUT2D eigenvalue weighted by Gasteiger charge is -2.30. The molecule has 0 unspecified atom stereocenters. The molecule has 8 heteroatoms. The molecule has 4 N–H and O–H groups in total. The number of aliphatic hydroxyl groups excluding tert-OH is 1. The van der Waals surface area contributed by atoms with Crippen molar-refractivity contribution >= 4 is 17.9 Å². The molecule has 0 aliphatic rings. The molecule has 0 saturated heterocycles. The van der Waals surface area contributed by atoms with E-state index in [-0.39, 0.29) is 24.2 Å². The van der Waals surface area contributed by atoms with Crippen molar-refractivity contribution in [3.8, 4) is 0 Å². The quantitative estimate of drug-likeness (QED) is 0.203. The molecule has 3 amide bonds. The van der Waals surface area contributed by atoms with Crippen molar-refractivity contribution in [1.82, 2.24) is 16.0 Å². The number of carbonyl (C=O) groups excluding carboxylic acids is 3. The molecule has 3 aromatic rings. The van der Waals surface area contributed by atoms with E-state index in [2.05, 4.69) is 16.0 Å². The minimum absolute atomic E-state index is 0.0600. The molecular weight excluding hydrogens is 554 g/mol. The summed E-state index contributed by atoms with van der Waals surface area (Å²) in [6.07, 6.45) is -0.963. The van der Waals surface area contributed by atoms with Crippen LogP contribution in [0.2, 0.25) is 0 Å². The first-order chi connectivity index (χ1) is 20.9. The van der Waals surface area contributed by atoms with Crippen molar-refractivity contribution in [3.05, 3.63) is 108 Å². The number of alkyl carbamates (subject to hydrolysis) is 1. The number of benzene rings is 3. The Morgan fingerprint density at radius 1 is 0.727 bits per heavy atom. The molecule has 0 bridgehead atoms. The largest absolute Gasteiger partial charge is 0.444 e. The molecule has 0 aliphatic heterocycles. The summed E-state index contributed by atoms with van der Waals surface area (Å²) in [6, 6.07) is 27.2. The van der Waals surface area contributed by atoms with Gasteiger partial charge in [-0.1, -0.05) is 105 Å². The average molecular weight is 602 g/mol. The van der Waals surface area contributed by atoms with Gasteiger partial charge in [-0.25, -0.2) is 4.79 Å². The third-order valence-corrected chi connectivity index (χ3v) is 7.24. The van der Waals surface area contributed by atoms with E-state index in [9.17, 15) is 19.5 Å². The zero-order valence-electron chi connectivity index (χ0n) is 26.5. The van der Waals surface area contributed by atoms with Gasteiger partial charge in [-0.2, -0.15) is 0 Å². The fourth-order valence-corrected chi connectivity index (χ4v) is 4.95. The van der Waals surface area contributed by atoms with E-state index < -0.39 is 35.8 Å². The van der Waals surface area contributed by atoms with Crippen molar-refractivity contribution in [1.29, 1.82) is 0 Å². The van der Waals surface area contributed by atoms with Crippen LogP contribution in [0.25, 0.3) is 0 Å². The third-order valence-electron chi connectivity index (χ3n) is 7.24. The van der Waals surface area contributed by atoms with Crippen LogP contribution >= 0.6 is 0 Å². The first-order valence-corrected chi connectivity index (χ1v) is 15.3. The lowest BCUT2D eigenvalue weighted by molar-refractivity contribution is -0.132. The van der Waals surface area contributed by atoms with Gasteiger partial charge in [0.2, 0.25) is 11.8 Å². The normalized spacial score (nSPS) is 14.2. The lowest BCUT2D eigenvalue weighted by atomic mass is 9.88. The Balaban J connectivity index is 1.80. The molecule has 44 heavy (non-hydrogen) atoms. The molecule has 0 aromatic heterocycles. The summed E-state index contributed by atoms with van der Waals surface area (Å²) in [5.41, 5.74) is 2.09. The molecule has 236 valence electrons. The highest BCUT2D eigenvalue weighted by Gasteiger charge is 2.32. The highest BCUT2D eigenvalue weighted by Crippen LogP contribution is 2.20. The first-order valence-electron chi connectivity index (χ1n) is 15.3. The van der Waals surface area contributed by atoms with Crippen LogP contribution < -0.4 is 16.0 Å². The van der Waals surface area contributed by atoms with E-state index in [1.165, 1.54) is 0 Å². The summed E-state index contributed by atoms with van der Waals surface area (Å²) in [6.45, 7) is 9.44. The van der Waals surface area contributed by atoms with Crippen LogP contribution in [0, 0.1) is 11.8 Å². The summed E-state index contributed by atoms with van der Waals surface area (Å²) in [5.74, 6) is -1.45. The van der Waals surface area contributed by atoms with Crippen LogP contribution in [0.5, 0.6) is 0 Å². The minimum atomic E-state index is -1.08. The van der Waals surface area contributed by atoms with Crippen molar-refractivity contribution < 1.29 is 24.2 Å². The Morgan fingerprint density at radius 2 is 1.23 bits per heavy atom. The molecule has 0 radical (unpaired) electrons. The number of aliphatic hydroxyl groups is 1. The van der Waals surface area contributed by atoms with Gasteiger partial charge in [0.25, 0.3) is 0 Å². The number of rotatable bonds is 14. The monoisotopic (exact) mass is 601 g/mol. The molecule has 0 spiro atoms. The fourth-order valence-electron chi connectivity index (χ4n) is 4.95. The predicted molar refractivity (Wildman–Crippen MR) is 173 cm³/mol. The Bertz CT molecular complexity index is 1310. The summed E-state index contributed by atoms with van der Waals surface area (Å²) < 4.78 is 5.48. The van der Waals surface area contributed by atoms with Gasteiger partial charge < -0.3 is 25.8 Å². The first kappa shape index (κ1) is 34.3. The van der Waals surface area contributed by atoms with E-state index in [1.54, 1.807) is 20.8 Å². The number of carbonyl (C=O) groups is 3. The van der Waals surface area contributed by atoms with Crippen LogP contribution in [-0.2, 0) is 33.7 Å². The molecule has 8 nitrogen and oxygen atoms in total. The smallest absolute Gasteiger partial charge is 0.407 e. The Labute approximate surface area is 261 Å². The van der Waals surface area contributed by atoms with Crippen molar-refractivity contribution in [2.45, 2.75) is 84.2 Å². The van der Waals surface area contributed by atoms with Gasteiger partial charge in [0, 0.05) is 12.5 Å². The second-order valence-corrected chi connectivity index (χ2v) is 12.6. The van der Waals surface area contributed by atoms with Gasteiger partial charge in [-0.05, 0) is 62.6 Å². The second kappa shape index (κ2) is 16.6. The summed E-state index contributed by atoms with van der Waals surface area (Å²) >= 11 is 0. The van der Waals surface area contributed by atoms with Crippen LogP contribution in [0.3, 0.4) is 0 Å².